The second kappa shape index (κ2) is 4.93. The Morgan fingerprint density at radius 3 is 2.07 bits per heavy atom. The summed E-state index contributed by atoms with van der Waals surface area (Å²) in [5.41, 5.74) is 0. The van der Waals surface area contributed by atoms with Crippen LogP contribution in [0.25, 0.3) is 0 Å². The van der Waals surface area contributed by atoms with Crippen LogP contribution in [0.2, 0.25) is 0 Å². The molecule has 0 spiro atoms. The third-order valence-corrected chi connectivity index (χ3v) is 5.09. The highest BCUT2D eigenvalue weighted by atomic mass is 32.2. The van der Waals surface area contributed by atoms with Gasteiger partial charge in [0.2, 0.25) is 0 Å². The zero-order valence-electron chi connectivity index (χ0n) is 7.56. The van der Waals surface area contributed by atoms with Crippen LogP contribution in [0.4, 0.5) is 0 Å². The molecule has 0 atom stereocenters. The van der Waals surface area contributed by atoms with Gasteiger partial charge in [-0.05, 0) is 0 Å². The van der Waals surface area contributed by atoms with Gasteiger partial charge in [0.1, 0.15) is 0 Å². The molecular weight excluding hydrogens is 224 g/mol. The molecule has 1 aliphatic heterocycles. The highest BCUT2D eigenvalue weighted by Crippen LogP contribution is 2.40. The number of carboxylic acid groups (broad SMARTS) is 2. The Bertz CT molecular complexity index is 217. The van der Waals surface area contributed by atoms with Gasteiger partial charge in [0.05, 0.1) is 12.8 Å². The van der Waals surface area contributed by atoms with E-state index in [2.05, 4.69) is 0 Å². The average Bonchev–Trinajstić information content (AvgIpc) is 2.01. The molecule has 0 amide bonds. The third-order valence-electron chi connectivity index (χ3n) is 1.95. The standard InChI is InChI=1S/C8H12O4S2/c9-6(10)3-8(4-7(11)12)5-13-1-2-14-8/h1-5H2,(H,9,10)(H,11,12). The molecule has 0 aliphatic carbocycles. The molecule has 2 N–H and O–H groups in total. The van der Waals surface area contributed by atoms with Crippen molar-refractivity contribution in [3.63, 3.8) is 0 Å². The minimum atomic E-state index is -0.916. The molecule has 0 aromatic heterocycles. The van der Waals surface area contributed by atoms with Gasteiger partial charge in [-0.15, -0.1) is 0 Å². The topological polar surface area (TPSA) is 74.6 Å². The Balaban J connectivity index is 2.66. The van der Waals surface area contributed by atoms with Gasteiger partial charge >= 0.3 is 11.9 Å². The van der Waals surface area contributed by atoms with Crippen molar-refractivity contribution in [2.45, 2.75) is 17.6 Å². The first kappa shape index (κ1) is 11.7. The zero-order valence-corrected chi connectivity index (χ0v) is 9.20. The fourth-order valence-electron chi connectivity index (χ4n) is 1.43. The van der Waals surface area contributed by atoms with Crippen LogP contribution < -0.4 is 0 Å². The number of hydrogen-bond donors (Lipinski definition) is 2. The second-order valence-electron chi connectivity index (χ2n) is 3.23. The Morgan fingerprint density at radius 2 is 1.71 bits per heavy atom. The van der Waals surface area contributed by atoms with Crippen LogP contribution in [0, 0.1) is 0 Å². The molecule has 1 rings (SSSR count). The number of carbonyl (C=O) groups is 2. The Labute approximate surface area is 90.4 Å². The van der Waals surface area contributed by atoms with Crippen LogP contribution in [0.1, 0.15) is 12.8 Å². The molecule has 6 heteroatoms. The second-order valence-corrected chi connectivity index (χ2v) is 5.89. The molecule has 4 nitrogen and oxygen atoms in total. The summed E-state index contributed by atoms with van der Waals surface area (Å²) in [6.45, 7) is 0. The molecule has 0 bridgehead atoms. The molecule has 0 aromatic rings. The van der Waals surface area contributed by atoms with Crippen LogP contribution in [-0.2, 0) is 9.59 Å². The molecule has 0 aromatic carbocycles. The molecule has 80 valence electrons. The SMILES string of the molecule is O=C(O)CC1(CC(=O)O)CSCCS1. The molecule has 1 heterocycles. The van der Waals surface area contributed by atoms with Crippen LogP contribution >= 0.6 is 23.5 Å². The highest BCUT2D eigenvalue weighted by molar-refractivity contribution is 8.07. The largest absolute Gasteiger partial charge is 0.481 e. The van der Waals surface area contributed by atoms with Gasteiger partial charge in [0.25, 0.3) is 0 Å². The number of rotatable bonds is 4. The number of hydrogen-bond acceptors (Lipinski definition) is 4. The van der Waals surface area contributed by atoms with Crippen molar-refractivity contribution in [2.24, 2.45) is 0 Å². The Morgan fingerprint density at radius 1 is 1.14 bits per heavy atom. The molecule has 1 saturated heterocycles. The summed E-state index contributed by atoms with van der Waals surface area (Å²) in [6.07, 6.45) is -0.117. The van der Waals surface area contributed by atoms with Crippen LogP contribution in [0.15, 0.2) is 0 Å². The van der Waals surface area contributed by atoms with Gasteiger partial charge in [-0.3, -0.25) is 9.59 Å². The van der Waals surface area contributed by atoms with Crippen molar-refractivity contribution in [1.29, 1.82) is 0 Å². The molecule has 0 radical (unpaired) electrons. The molecule has 1 fully saturated rings. The third kappa shape index (κ3) is 3.42. The Kier molecular flexibility index (Phi) is 4.12. The lowest BCUT2D eigenvalue weighted by Gasteiger charge is -2.33. The molecule has 14 heavy (non-hydrogen) atoms. The van der Waals surface area contributed by atoms with Crippen molar-refractivity contribution in [2.75, 3.05) is 17.3 Å². The number of thioether (sulfide) groups is 2. The Hall–Kier alpha value is -0.360. The van der Waals surface area contributed by atoms with Crippen molar-refractivity contribution in [1.82, 2.24) is 0 Å². The smallest absolute Gasteiger partial charge is 0.304 e. The van der Waals surface area contributed by atoms with E-state index in [1.165, 1.54) is 11.8 Å². The predicted molar refractivity (Wildman–Crippen MR) is 57.0 cm³/mol. The number of aliphatic carboxylic acids is 2. The van der Waals surface area contributed by atoms with Crippen molar-refractivity contribution in [3.05, 3.63) is 0 Å². The van der Waals surface area contributed by atoms with Gasteiger partial charge in [0, 0.05) is 22.0 Å². The maximum atomic E-state index is 10.6. The quantitative estimate of drug-likeness (QED) is 0.763. The van der Waals surface area contributed by atoms with E-state index in [-0.39, 0.29) is 12.8 Å². The fourth-order valence-corrected chi connectivity index (χ4v) is 4.43. The lowest BCUT2D eigenvalue weighted by Crippen LogP contribution is -2.37. The first-order chi connectivity index (χ1) is 6.54. The lowest BCUT2D eigenvalue weighted by molar-refractivity contribution is -0.139. The summed E-state index contributed by atoms with van der Waals surface area (Å²) < 4.78 is -0.597. The summed E-state index contributed by atoms with van der Waals surface area (Å²) in [6, 6.07) is 0. The summed E-state index contributed by atoms with van der Waals surface area (Å²) >= 11 is 3.12. The van der Waals surface area contributed by atoms with Gasteiger partial charge in [-0.2, -0.15) is 23.5 Å². The summed E-state index contributed by atoms with van der Waals surface area (Å²) in [4.78, 5) is 21.3. The molecule has 1 aliphatic rings. The maximum Gasteiger partial charge on any atom is 0.304 e. The van der Waals surface area contributed by atoms with E-state index in [9.17, 15) is 9.59 Å². The molecular formula is C8H12O4S2. The summed E-state index contributed by atoms with van der Waals surface area (Å²) in [5, 5.41) is 17.5. The van der Waals surface area contributed by atoms with Crippen LogP contribution in [0.5, 0.6) is 0 Å². The van der Waals surface area contributed by atoms with E-state index in [0.717, 1.165) is 11.5 Å². The normalized spacial score (nSPS) is 20.3. The fraction of sp³-hybridized carbons (Fsp3) is 0.750. The van der Waals surface area contributed by atoms with E-state index in [0.29, 0.717) is 5.75 Å². The van der Waals surface area contributed by atoms with Crippen molar-refractivity contribution in [3.8, 4) is 0 Å². The van der Waals surface area contributed by atoms with Gasteiger partial charge in [-0.25, -0.2) is 0 Å². The van der Waals surface area contributed by atoms with Gasteiger partial charge in [-0.1, -0.05) is 0 Å². The highest BCUT2D eigenvalue weighted by Gasteiger charge is 2.37. The number of carboxylic acids is 2. The zero-order chi connectivity index (χ0) is 10.6. The lowest BCUT2D eigenvalue weighted by atomic mass is 10.0. The minimum Gasteiger partial charge on any atom is -0.481 e. The van der Waals surface area contributed by atoms with Crippen LogP contribution in [-0.4, -0.2) is 44.2 Å². The van der Waals surface area contributed by atoms with Crippen LogP contribution in [0.3, 0.4) is 0 Å². The van der Waals surface area contributed by atoms with E-state index >= 15 is 0 Å². The minimum absolute atomic E-state index is 0.0586. The van der Waals surface area contributed by atoms with E-state index in [4.69, 9.17) is 10.2 Å². The first-order valence-corrected chi connectivity index (χ1v) is 6.33. The van der Waals surface area contributed by atoms with E-state index in [1.54, 1.807) is 11.8 Å². The monoisotopic (exact) mass is 236 g/mol. The van der Waals surface area contributed by atoms with E-state index in [1.807, 2.05) is 0 Å². The maximum absolute atomic E-state index is 10.6. The molecule has 0 unspecified atom stereocenters. The molecule has 0 saturated carbocycles. The summed E-state index contributed by atoms with van der Waals surface area (Å²) in [5.74, 6) is 0.607. The predicted octanol–water partition coefficient (Wildman–Crippen LogP) is 1.15. The van der Waals surface area contributed by atoms with E-state index < -0.39 is 16.7 Å². The van der Waals surface area contributed by atoms with Crippen molar-refractivity contribution < 1.29 is 19.8 Å². The van der Waals surface area contributed by atoms with Gasteiger partial charge < -0.3 is 10.2 Å². The van der Waals surface area contributed by atoms with Gasteiger partial charge in [0.15, 0.2) is 0 Å². The summed E-state index contributed by atoms with van der Waals surface area (Å²) in [7, 11) is 0. The first-order valence-electron chi connectivity index (χ1n) is 4.19. The van der Waals surface area contributed by atoms with Crippen molar-refractivity contribution >= 4 is 35.5 Å². The average molecular weight is 236 g/mol.